The summed E-state index contributed by atoms with van der Waals surface area (Å²) in [5, 5.41) is 3.33. The molecule has 0 bridgehead atoms. The van der Waals surface area contributed by atoms with Crippen molar-refractivity contribution < 1.29 is 0 Å². The first-order valence-corrected chi connectivity index (χ1v) is 8.81. The number of hydrogen-bond acceptors (Lipinski definition) is 2. The Labute approximate surface area is 141 Å². The molecule has 1 aliphatic carbocycles. The van der Waals surface area contributed by atoms with E-state index in [1.165, 1.54) is 30.4 Å². The van der Waals surface area contributed by atoms with E-state index in [4.69, 9.17) is 5.73 Å². The lowest BCUT2D eigenvalue weighted by molar-refractivity contribution is 0.261. The first-order chi connectivity index (χ1) is 11.0. The largest absolute Gasteiger partial charge is 0.370 e. The number of likely N-dealkylation sites (N-methyl/N-ethyl adjacent to an activating group) is 1. The van der Waals surface area contributed by atoms with Crippen LogP contribution in [-0.4, -0.2) is 37.5 Å². The Morgan fingerprint density at radius 1 is 1.26 bits per heavy atom. The molecule has 23 heavy (non-hydrogen) atoms. The second-order valence-corrected chi connectivity index (χ2v) is 7.25. The van der Waals surface area contributed by atoms with E-state index >= 15 is 0 Å². The van der Waals surface area contributed by atoms with Crippen LogP contribution in [0, 0.1) is 5.92 Å². The minimum absolute atomic E-state index is 0.431. The van der Waals surface area contributed by atoms with Crippen molar-refractivity contribution in [2.45, 2.75) is 52.0 Å². The number of fused-ring (bicyclic) bond motifs is 1. The number of benzene rings is 1. The Morgan fingerprint density at radius 3 is 2.70 bits per heavy atom. The summed E-state index contributed by atoms with van der Waals surface area (Å²) in [6.45, 7) is 5.23. The summed E-state index contributed by atoms with van der Waals surface area (Å²) < 4.78 is 0. The average Bonchev–Trinajstić information content (AvgIpc) is 2.51. The molecule has 128 valence electrons. The summed E-state index contributed by atoms with van der Waals surface area (Å²) >= 11 is 0. The quantitative estimate of drug-likeness (QED) is 0.625. The number of nitrogens with one attached hydrogen (secondary N) is 1. The van der Waals surface area contributed by atoms with Crippen LogP contribution in [-0.2, 0) is 12.8 Å². The molecule has 3 N–H and O–H groups in total. The number of aryl methyl sites for hydroxylation is 1. The number of anilines is 1. The highest BCUT2D eigenvalue weighted by Gasteiger charge is 2.15. The molecule has 1 aromatic carbocycles. The summed E-state index contributed by atoms with van der Waals surface area (Å²) in [4.78, 5) is 6.82. The van der Waals surface area contributed by atoms with Gasteiger partial charge in [0, 0.05) is 11.7 Å². The Bertz CT molecular complexity index is 534. The van der Waals surface area contributed by atoms with Crippen LogP contribution in [0.5, 0.6) is 0 Å². The zero-order chi connectivity index (χ0) is 16.8. The molecule has 0 heterocycles. The molecule has 0 aromatic heterocycles. The van der Waals surface area contributed by atoms with Gasteiger partial charge in [0.1, 0.15) is 0 Å². The Hall–Kier alpha value is -1.55. The number of aliphatic imine (C=N–C) groups is 1. The molecule has 2 rings (SSSR count). The van der Waals surface area contributed by atoms with Gasteiger partial charge in [-0.15, -0.1) is 0 Å². The Kier molecular flexibility index (Phi) is 6.46. The van der Waals surface area contributed by atoms with Crippen LogP contribution in [0.15, 0.2) is 23.2 Å². The van der Waals surface area contributed by atoms with E-state index in [0.29, 0.717) is 17.9 Å². The molecular weight excluding hydrogens is 284 g/mol. The van der Waals surface area contributed by atoms with Gasteiger partial charge in [-0.05, 0) is 69.3 Å². The molecule has 1 aliphatic rings. The Morgan fingerprint density at radius 2 is 2.00 bits per heavy atom. The van der Waals surface area contributed by atoms with E-state index in [9.17, 15) is 0 Å². The summed E-state index contributed by atoms with van der Waals surface area (Å²) in [6.07, 6.45) is 6.00. The predicted molar refractivity (Wildman–Crippen MR) is 100 cm³/mol. The van der Waals surface area contributed by atoms with Crippen LogP contribution in [0.2, 0.25) is 0 Å². The van der Waals surface area contributed by atoms with E-state index in [-0.39, 0.29) is 0 Å². The summed E-state index contributed by atoms with van der Waals surface area (Å²) in [7, 11) is 4.22. The van der Waals surface area contributed by atoms with Gasteiger partial charge in [-0.1, -0.05) is 26.0 Å². The number of nitrogens with zero attached hydrogens (tertiary/aromatic N) is 2. The second-order valence-electron chi connectivity index (χ2n) is 7.25. The molecule has 0 saturated carbocycles. The second kappa shape index (κ2) is 8.34. The van der Waals surface area contributed by atoms with Gasteiger partial charge in [-0.25, -0.2) is 0 Å². The maximum absolute atomic E-state index is 6.14. The van der Waals surface area contributed by atoms with Crippen molar-refractivity contribution in [3.8, 4) is 0 Å². The zero-order valence-corrected chi connectivity index (χ0v) is 15.1. The van der Waals surface area contributed by atoms with E-state index in [2.05, 4.69) is 61.4 Å². The van der Waals surface area contributed by atoms with Crippen molar-refractivity contribution in [2.24, 2.45) is 16.6 Å². The predicted octanol–water partition coefficient (Wildman–Crippen LogP) is 3.27. The highest BCUT2D eigenvalue weighted by atomic mass is 15.1. The van der Waals surface area contributed by atoms with Gasteiger partial charge < -0.3 is 16.0 Å². The summed E-state index contributed by atoms with van der Waals surface area (Å²) in [5.41, 5.74) is 10.1. The molecule has 4 heteroatoms. The van der Waals surface area contributed by atoms with Crippen molar-refractivity contribution in [1.82, 2.24) is 4.90 Å². The average molecular weight is 316 g/mol. The van der Waals surface area contributed by atoms with Gasteiger partial charge in [0.15, 0.2) is 5.96 Å². The molecule has 1 atom stereocenters. The number of hydrogen-bond donors (Lipinski definition) is 2. The molecule has 0 amide bonds. The van der Waals surface area contributed by atoms with Crippen molar-refractivity contribution in [2.75, 3.05) is 26.0 Å². The van der Waals surface area contributed by atoms with Crippen LogP contribution < -0.4 is 11.1 Å². The standard InChI is InChI=1S/C19H32N4/c1-14(2)12-16(23(3)4)13-21-19(20)22-18-11-7-9-15-8-5-6-10-17(15)18/h7,9,11,14,16H,5-6,8,10,12-13H2,1-4H3,(H3,20,21,22). The molecule has 0 aliphatic heterocycles. The fourth-order valence-corrected chi connectivity index (χ4v) is 3.27. The molecule has 0 fully saturated rings. The number of rotatable bonds is 6. The number of guanidine groups is 1. The molecule has 0 spiro atoms. The molecule has 0 saturated heterocycles. The first-order valence-electron chi connectivity index (χ1n) is 8.81. The summed E-state index contributed by atoms with van der Waals surface area (Å²) in [6, 6.07) is 6.89. The normalized spacial score (nSPS) is 16.5. The topological polar surface area (TPSA) is 53.6 Å². The monoisotopic (exact) mass is 316 g/mol. The van der Waals surface area contributed by atoms with E-state index in [1.807, 2.05) is 0 Å². The lowest BCUT2D eigenvalue weighted by Crippen LogP contribution is -2.34. The minimum Gasteiger partial charge on any atom is -0.370 e. The van der Waals surface area contributed by atoms with Crippen LogP contribution in [0.3, 0.4) is 0 Å². The van der Waals surface area contributed by atoms with Crippen molar-refractivity contribution in [1.29, 1.82) is 0 Å². The van der Waals surface area contributed by atoms with Crippen LogP contribution in [0.1, 0.15) is 44.2 Å². The molecule has 4 nitrogen and oxygen atoms in total. The molecule has 1 unspecified atom stereocenters. The van der Waals surface area contributed by atoms with Gasteiger partial charge in [0.05, 0.1) is 6.54 Å². The van der Waals surface area contributed by atoms with E-state index in [1.54, 1.807) is 0 Å². The lowest BCUT2D eigenvalue weighted by atomic mass is 9.90. The molecule has 0 radical (unpaired) electrons. The fourth-order valence-electron chi connectivity index (χ4n) is 3.27. The van der Waals surface area contributed by atoms with Crippen molar-refractivity contribution in [3.05, 3.63) is 29.3 Å². The third-order valence-electron chi connectivity index (χ3n) is 4.60. The van der Waals surface area contributed by atoms with Crippen LogP contribution in [0.25, 0.3) is 0 Å². The van der Waals surface area contributed by atoms with Gasteiger partial charge in [0.2, 0.25) is 0 Å². The molecule has 1 aromatic rings. The smallest absolute Gasteiger partial charge is 0.193 e. The number of nitrogens with two attached hydrogens (primary N) is 1. The first kappa shape index (κ1) is 17.8. The van der Waals surface area contributed by atoms with Gasteiger partial charge in [-0.2, -0.15) is 0 Å². The summed E-state index contributed by atoms with van der Waals surface area (Å²) in [5.74, 6) is 1.19. The fraction of sp³-hybridized carbons (Fsp3) is 0.632. The maximum atomic E-state index is 6.14. The van der Waals surface area contributed by atoms with E-state index < -0.39 is 0 Å². The van der Waals surface area contributed by atoms with Gasteiger partial charge in [0.25, 0.3) is 0 Å². The maximum Gasteiger partial charge on any atom is 0.193 e. The van der Waals surface area contributed by atoms with Crippen molar-refractivity contribution >= 4 is 11.6 Å². The van der Waals surface area contributed by atoms with E-state index in [0.717, 1.165) is 25.1 Å². The SMILES string of the molecule is CC(C)CC(CN=C(N)Nc1cccc2c1CCCC2)N(C)C. The van der Waals surface area contributed by atoms with Crippen LogP contribution >= 0.6 is 0 Å². The van der Waals surface area contributed by atoms with Crippen molar-refractivity contribution in [3.63, 3.8) is 0 Å². The highest BCUT2D eigenvalue weighted by Crippen LogP contribution is 2.27. The zero-order valence-electron chi connectivity index (χ0n) is 15.1. The minimum atomic E-state index is 0.431. The van der Waals surface area contributed by atoms with Gasteiger partial charge >= 0.3 is 0 Å². The van der Waals surface area contributed by atoms with Gasteiger partial charge in [-0.3, -0.25) is 4.99 Å². The van der Waals surface area contributed by atoms with Crippen LogP contribution in [0.4, 0.5) is 5.69 Å². The third-order valence-corrected chi connectivity index (χ3v) is 4.60. The highest BCUT2D eigenvalue weighted by molar-refractivity contribution is 5.93. The molecular formula is C19H32N4. The third kappa shape index (κ3) is 5.24. The Balaban J connectivity index is 2.02. The lowest BCUT2D eigenvalue weighted by Gasteiger charge is -2.24.